The van der Waals surface area contributed by atoms with E-state index < -0.39 is 4.92 Å². The molecular formula is C6H6N2O3. The molecule has 0 atom stereocenters. The molecule has 0 radical (unpaired) electrons. The summed E-state index contributed by atoms with van der Waals surface area (Å²) in [5.74, 6) is -0.0758. The number of nitro groups is 1. The fourth-order valence-electron chi connectivity index (χ4n) is 0.708. The van der Waals surface area contributed by atoms with E-state index in [9.17, 15) is 10.1 Å². The average molecular weight is 154 g/mol. The molecule has 0 aliphatic carbocycles. The van der Waals surface area contributed by atoms with Crippen molar-refractivity contribution in [3.63, 3.8) is 0 Å². The highest BCUT2D eigenvalue weighted by Crippen LogP contribution is 2.24. The fourth-order valence-corrected chi connectivity index (χ4v) is 0.708. The lowest BCUT2D eigenvalue weighted by atomic mass is 10.2. The van der Waals surface area contributed by atoms with Crippen molar-refractivity contribution >= 4 is 11.4 Å². The number of aromatic hydroxyl groups is 1. The van der Waals surface area contributed by atoms with E-state index in [1.807, 2.05) is 0 Å². The van der Waals surface area contributed by atoms with E-state index in [2.05, 4.69) is 0 Å². The van der Waals surface area contributed by atoms with Gasteiger partial charge in [-0.15, -0.1) is 0 Å². The van der Waals surface area contributed by atoms with Gasteiger partial charge in [-0.1, -0.05) is 0 Å². The van der Waals surface area contributed by atoms with Gasteiger partial charge >= 0.3 is 0 Å². The molecule has 5 heteroatoms. The molecule has 1 aromatic rings. The van der Waals surface area contributed by atoms with Crippen LogP contribution in [0.4, 0.5) is 11.4 Å². The quantitative estimate of drug-likeness (QED) is 0.357. The Balaban J connectivity index is 3.20. The number of nitro benzene ring substituents is 1. The summed E-state index contributed by atoms with van der Waals surface area (Å²) >= 11 is 0. The molecule has 0 fully saturated rings. The minimum Gasteiger partial charge on any atom is -0.508 e. The van der Waals surface area contributed by atoms with Crippen LogP contribution in [-0.4, -0.2) is 10.0 Å². The second kappa shape index (κ2) is 2.45. The van der Waals surface area contributed by atoms with Crippen molar-refractivity contribution in [2.75, 3.05) is 5.73 Å². The Morgan fingerprint density at radius 3 is 2.64 bits per heavy atom. The van der Waals surface area contributed by atoms with Crippen LogP contribution in [0.15, 0.2) is 18.2 Å². The van der Waals surface area contributed by atoms with Crippen molar-refractivity contribution in [3.05, 3.63) is 28.3 Å². The Bertz CT molecular complexity index is 298. The summed E-state index contributed by atoms with van der Waals surface area (Å²) in [6.45, 7) is 0. The molecule has 0 aliphatic rings. The summed E-state index contributed by atoms with van der Waals surface area (Å²) in [6, 6.07) is 3.51. The number of nitrogen functional groups attached to an aromatic ring is 1. The van der Waals surface area contributed by atoms with Crippen LogP contribution >= 0.6 is 0 Å². The zero-order valence-electron chi connectivity index (χ0n) is 5.52. The van der Waals surface area contributed by atoms with Crippen molar-refractivity contribution in [2.24, 2.45) is 0 Å². The zero-order chi connectivity index (χ0) is 8.43. The van der Waals surface area contributed by atoms with Gasteiger partial charge in [0.1, 0.15) is 11.4 Å². The predicted octanol–water partition coefficient (Wildman–Crippen LogP) is 0.883. The second-order valence-corrected chi connectivity index (χ2v) is 2.00. The molecule has 1 aromatic carbocycles. The van der Waals surface area contributed by atoms with Gasteiger partial charge in [0.05, 0.1) is 4.92 Å². The first-order chi connectivity index (χ1) is 5.11. The number of hydrogen-bond acceptors (Lipinski definition) is 4. The Morgan fingerprint density at radius 1 is 1.55 bits per heavy atom. The van der Waals surface area contributed by atoms with E-state index in [1.54, 1.807) is 0 Å². The first-order valence-corrected chi connectivity index (χ1v) is 2.84. The second-order valence-electron chi connectivity index (χ2n) is 2.00. The van der Waals surface area contributed by atoms with Crippen LogP contribution in [0.25, 0.3) is 0 Å². The van der Waals surface area contributed by atoms with Crippen molar-refractivity contribution < 1.29 is 10.0 Å². The molecule has 0 amide bonds. The van der Waals surface area contributed by atoms with Crippen molar-refractivity contribution in [3.8, 4) is 5.75 Å². The summed E-state index contributed by atoms with van der Waals surface area (Å²) in [5, 5.41) is 19.0. The number of phenolic OH excluding ortho intramolecular Hbond substituents is 1. The molecule has 0 spiro atoms. The van der Waals surface area contributed by atoms with Crippen LogP contribution in [-0.2, 0) is 0 Å². The lowest BCUT2D eigenvalue weighted by molar-refractivity contribution is -0.383. The highest BCUT2D eigenvalue weighted by molar-refractivity contribution is 5.60. The Kier molecular flexibility index (Phi) is 1.63. The van der Waals surface area contributed by atoms with Gasteiger partial charge in [0, 0.05) is 12.1 Å². The zero-order valence-corrected chi connectivity index (χ0v) is 5.52. The molecule has 0 heterocycles. The van der Waals surface area contributed by atoms with Crippen molar-refractivity contribution in [1.82, 2.24) is 0 Å². The largest absolute Gasteiger partial charge is 0.508 e. The normalized spacial score (nSPS) is 9.45. The average Bonchev–Trinajstić information content (AvgIpc) is 1.85. The van der Waals surface area contributed by atoms with E-state index in [0.717, 1.165) is 12.1 Å². The fraction of sp³-hybridized carbons (Fsp3) is 0. The van der Waals surface area contributed by atoms with E-state index in [1.165, 1.54) is 6.07 Å². The van der Waals surface area contributed by atoms with Crippen LogP contribution in [0, 0.1) is 10.1 Å². The molecule has 0 bridgehead atoms. The first-order valence-electron chi connectivity index (χ1n) is 2.84. The molecule has 11 heavy (non-hydrogen) atoms. The van der Waals surface area contributed by atoms with Gasteiger partial charge in [0.2, 0.25) is 0 Å². The highest BCUT2D eigenvalue weighted by Gasteiger charge is 2.09. The maximum absolute atomic E-state index is 10.2. The van der Waals surface area contributed by atoms with Gasteiger partial charge < -0.3 is 10.8 Å². The maximum Gasteiger partial charge on any atom is 0.292 e. The summed E-state index contributed by atoms with van der Waals surface area (Å²) in [7, 11) is 0. The number of nitrogens with two attached hydrogens (primary N) is 1. The van der Waals surface area contributed by atoms with Crippen molar-refractivity contribution in [1.29, 1.82) is 0 Å². The maximum atomic E-state index is 10.2. The summed E-state index contributed by atoms with van der Waals surface area (Å²) in [5.41, 5.74) is 5.00. The molecule has 5 nitrogen and oxygen atoms in total. The minimum absolute atomic E-state index is 0.0324. The smallest absolute Gasteiger partial charge is 0.292 e. The topological polar surface area (TPSA) is 89.4 Å². The molecule has 0 saturated carbocycles. The molecule has 0 aliphatic heterocycles. The number of benzene rings is 1. The van der Waals surface area contributed by atoms with Crippen LogP contribution < -0.4 is 5.73 Å². The number of nitrogens with zero attached hydrogens (tertiary/aromatic N) is 1. The summed E-state index contributed by atoms with van der Waals surface area (Å²) in [6.07, 6.45) is 0. The third-order valence-corrected chi connectivity index (χ3v) is 1.21. The highest BCUT2D eigenvalue weighted by atomic mass is 16.6. The third kappa shape index (κ3) is 1.37. The molecule has 3 N–H and O–H groups in total. The number of rotatable bonds is 1. The monoisotopic (exact) mass is 154 g/mol. The molecular weight excluding hydrogens is 148 g/mol. The van der Waals surface area contributed by atoms with Crippen LogP contribution in [0.5, 0.6) is 5.75 Å². The number of phenols is 1. The molecule has 1 rings (SSSR count). The van der Waals surface area contributed by atoms with Gasteiger partial charge in [0.15, 0.2) is 0 Å². The molecule has 0 unspecified atom stereocenters. The standard InChI is InChI=1S/C6H6N2O3/c7-5-3-4(9)1-2-6(5)8(10)11/h1-3,9H,7H2. The number of anilines is 1. The Morgan fingerprint density at radius 2 is 2.18 bits per heavy atom. The minimum atomic E-state index is -0.602. The lowest BCUT2D eigenvalue weighted by Crippen LogP contribution is -1.94. The predicted molar refractivity (Wildman–Crippen MR) is 39.2 cm³/mol. The third-order valence-electron chi connectivity index (χ3n) is 1.21. The van der Waals surface area contributed by atoms with Crippen LogP contribution in [0.2, 0.25) is 0 Å². The summed E-state index contributed by atoms with van der Waals surface area (Å²) in [4.78, 5) is 9.57. The van der Waals surface area contributed by atoms with Gasteiger partial charge in [0.25, 0.3) is 5.69 Å². The van der Waals surface area contributed by atoms with E-state index in [0.29, 0.717) is 0 Å². The van der Waals surface area contributed by atoms with Gasteiger partial charge in [-0.05, 0) is 6.07 Å². The van der Waals surface area contributed by atoms with Gasteiger partial charge in [-0.2, -0.15) is 0 Å². The lowest BCUT2D eigenvalue weighted by Gasteiger charge is -1.95. The first kappa shape index (κ1) is 7.33. The van der Waals surface area contributed by atoms with E-state index in [-0.39, 0.29) is 17.1 Å². The van der Waals surface area contributed by atoms with Gasteiger partial charge in [-0.25, -0.2) is 0 Å². The van der Waals surface area contributed by atoms with E-state index >= 15 is 0 Å². The van der Waals surface area contributed by atoms with Crippen LogP contribution in [0.3, 0.4) is 0 Å². The van der Waals surface area contributed by atoms with Crippen LogP contribution in [0.1, 0.15) is 0 Å². The molecule has 0 aromatic heterocycles. The van der Waals surface area contributed by atoms with E-state index in [4.69, 9.17) is 10.8 Å². The van der Waals surface area contributed by atoms with Crippen molar-refractivity contribution in [2.45, 2.75) is 0 Å². The molecule has 58 valence electrons. The molecule has 0 saturated heterocycles. The summed E-state index contributed by atoms with van der Waals surface area (Å²) < 4.78 is 0. The number of hydrogen-bond donors (Lipinski definition) is 2. The Labute approximate surface area is 62.2 Å². The Hall–Kier alpha value is -1.78. The SMILES string of the molecule is Nc1cc(O)ccc1[N+](=O)[O-]. The van der Waals surface area contributed by atoms with Gasteiger partial charge in [-0.3, -0.25) is 10.1 Å².